The molecule has 2 heterocycles. The summed E-state index contributed by atoms with van der Waals surface area (Å²) in [7, 11) is 0. The minimum absolute atomic E-state index is 0.119. The topological polar surface area (TPSA) is 97.2 Å². The molecule has 0 radical (unpaired) electrons. The molecule has 0 aliphatic carbocycles. The van der Waals surface area contributed by atoms with Gasteiger partial charge in [0.05, 0.1) is 17.7 Å². The first-order valence-electron chi connectivity index (χ1n) is 9.84. The van der Waals surface area contributed by atoms with Crippen LogP contribution in [0.5, 0.6) is 0 Å². The molecule has 0 saturated heterocycles. The molecule has 0 fully saturated rings. The number of imide groups is 1. The number of aromatic nitrogens is 3. The zero-order valence-electron chi connectivity index (χ0n) is 16.6. The zero-order valence-corrected chi connectivity index (χ0v) is 18.2. The van der Waals surface area contributed by atoms with Crippen LogP contribution in [0.1, 0.15) is 44.7 Å². The van der Waals surface area contributed by atoms with Crippen molar-refractivity contribution in [2.24, 2.45) is 0 Å². The minimum Gasteiger partial charge on any atom is -0.352 e. The molecular weight excluding hydrogens is 462 g/mol. The van der Waals surface area contributed by atoms with E-state index >= 15 is 0 Å². The number of rotatable bonds is 8. The monoisotopic (exact) mass is 481 g/mol. The van der Waals surface area contributed by atoms with Crippen molar-refractivity contribution in [2.75, 3.05) is 6.54 Å². The third kappa shape index (κ3) is 4.88. The molecular formula is C22H20BrN5O3. The first-order valence-corrected chi connectivity index (χ1v) is 10.6. The van der Waals surface area contributed by atoms with Crippen LogP contribution in [0.3, 0.4) is 0 Å². The van der Waals surface area contributed by atoms with E-state index in [0.29, 0.717) is 30.6 Å². The number of fused-ring (bicyclic) bond motifs is 1. The maximum atomic E-state index is 12.4. The molecule has 31 heavy (non-hydrogen) atoms. The predicted octanol–water partition coefficient (Wildman–Crippen LogP) is 2.78. The first-order chi connectivity index (χ1) is 15.0. The van der Waals surface area contributed by atoms with E-state index < -0.39 is 0 Å². The number of halogens is 1. The lowest BCUT2D eigenvalue weighted by molar-refractivity contribution is -0.121. The van der Waals surface area contributed by atoms with Crippen molar-refractivity contribution in [3.05, 3.63) is 81.8 Å². The Hall–Kier alpha value is -3.33. The van der Waals surface area contributed by atoms with Gasteiger partial charge in [-0.05, 0) is 35.7 Å². The quantitative estimate of drug-likeness (QED) is 0.498. The summed E-state index contributed by atoms with van der Waals surface area (Å²) in [6.07, 6.45) is 3.81. The van der Waals surface area contributed by atoms with Gasteiger partial charge in [0.25, 0.3) is 11.8 Å². The maximum Gasteiger partial charge on any atom is 0.261 e. The lowest BCUT2D eigenvalue weighted by Gasteiger charge is -2.13. The average molecular weight is 482 g/mol. The number of carbonyl (C=O) groups is 3. The van der Waals surface area contributed by atoms with Gasteiger partial charge in [-0.3, -0.25) is 19.3 Å². The van der Waals surface area contributed by atoms with Gasteiger partial charge < -0.3 is 5.32 Å². The summed E-state index contributed by atoms with van der Waals surface area (Å²) in [5.74, 6) is -0.738. The van der Waals surface area contributed by atoms with Crippen molar-refractivity contribution in [1.29, 1.82) is 0 Å². The van der Waals surface area contributed by atoms with Crippen molar-refractivity contribution in [1.82, 2.24) is 25.0 Å². The smallest absolute Gasteiger partial charge is 0.261 e. The summed E-state index contributed by atoms with van der Waals surface area (Å²) < 4.78 is 2.49. The molecule has 1 N–H and O–H groups in total. The summed E-state index contributed by atoms with van der Waals surface area (Å²) in [5.41, 5.74) is 2.89. The van der Waals surface area contributed by atoms with Crippen LogP contribution in [-0.2, 0) is 17.9 Å². The fourth-order valence-electron chi connectivity index (χ4n) is 3.42. The normalized spacial score (nSPS) is 12.9. The molecule has 1 aromatic heterocycles. The first kappa shape index (κ1) is 20.9. The largest absolute Gasteiger partial charge is 0.352 e. The highest BCUT2D eigenvalue weighted by Gasteiger charge is 2.35. The average Bonchev–Trinajstić information content (AvgIpc) is 3.35. The van der Waals surface area contributed by atoms with E-state index in [2.05, 4.69) is 31.3 Å². The number of hydrogen-bond acceptors (Lipinski definition) is 5. The Labute approximate surface area is 187 Å². The molecule has 0 atom stereocenters. The van der Waals surface area contributed by atoms with Gasteiger partial charge in [-0.25, -0.2) is 9.67 Å². The predicted molar refractivity (Wildman–Crippen MR) is 116 cm³/mol. The van der Waals surface area contributed by atoms with Gasteiger partial charge in [-0.15, -0.1) is 0 Å². The van der Waals surface area contributed by atoms with E-state index in [1.54, 1.807) is 29.2 Å². The Kier molecular flexibility index (Phi) is 6.22. The van der Waals surface area contributed by atoms with Crippen molar-refractivity contribution in [3.8, 4) is 0 Å². The molecule has 3 aromatic rings. The third-order valence-electron chi connectivity index (χ3n) is 5.04. The summed E-state index contributed by atoms with van der Waals surface area (Å²) in [6, 6.07) is 12.9. The van der Waals surface area contributed by atoms with Gasteiger partial charge in [-0.1, -0.05) is 40.2 Å². The Morgan fingerprint density at radius 2 is 1.74 bits per heavy atom. The van der Waals surface area contributed by atoms with Crippen LogP contribution in [0.4, 0.5) is 0 Å². The van der Waals surface area contributed by atoms with Crippen LogP contribution < -0.4 is 5.32 Å². The number of nitrogens with one attached hydrogen (secondary N) is 1. The summed E-state index contributed by atoms with van der Waals surface area (Å²) in [4.78, 5) is 42.2. The molecule has 0 saturated carbocycles. The highest BCUT2D eigenvalue weighted by Crippen LogP contribution is 2.26. The fourth-order valence-corrected chi connectivity index (χ4v) is 3.78. The molecule has 0 bridgehead atoms. The molecule has 4 rings (SSSR count). The van der Waals surface area contributed by atoms with E-state index in [4.69, 9.17) is 0 Å². The SMILES string of the molecule is O=C(CCCN1C(=O)c2ccc(Br)cc2C1=O)NCc1ccc(Cn2cncn2)cc1. The van der Waals surface area contributed by atoms with E-state index in [1.807, 2.05) is 24.3 Å². The molecule has 1 aliphatic rings. The second-order valence-electron chi connectivity index (χ2n) is 7.24. The molecule has 0 unspecified atom stereocenters. The van der Waals surface area contributed by atoms with Crippen molar-refractivity contribution in [3.63, 3.8) is 0 Å². The lowest BCUT2D eigenvalue weighted by Crippen LogP contribution is -2.32. The van der Waals surface area contributed by atoms with E-state index in [-0.39, 0.29) is 30.7 Å². The Morgan fingerprint density at radius 3 is 2.48 bits per heavy atom. The molecule has 158 valence electrons. The Balaban J connectivity index is 1.21. The van der Waals surface area contributed by atoms with Crippen LogP contribution in [0.25, 0.3) is 0 Å². The molecule has 2 aromatic carbocycles. The molecule has 1 aliphatic heterocycles. The minimum atomic E-state index is -0.312. The number of benzene rings is 2. The second kappa shape index (κ2) is 9.22. The van der Waals surface area contributed by atoms with Gasteiger partial charge in [-0.2, -0.15) is 5.10 Å². The molecule has 8 nitrogen and oxygen atoms in total. The second-order valence-corrected chi connectivity index (χ2v) is 8.16. The van der Waals surface area contributed by atoms with Crippen LogP contribution in [-0.4, -0.2) is 43.9 Å². The standard InChI is InChI=1S/C22H20BrN5O3/c23-17-7-8-18-19(10-17)22(31)28(21(18)30)9-1-2-20(29)25-11-15-3-5-16(6-4-15)12-27-14-24-13-26-27/h3-8,10,13-14H,1-2,9,11-12H2,(H,25,29). The maximum absolute atomic E-state index is 12.4. The summed E-state index contributed by atoms with van der Waals surface area (Å²) in [6.45, 7) is 1.28. The summed E-state index contributed by atoms with van der Waals surface area (Å²) in [5, 5.41) is 6.95. The Bertz CT molecular complexity index is 1110. The highest BCUT2D eigenvalue weighted by atomic mass is 79.9. The van der Waals surface area contributed by atoms with Gasteiger partial charge in [0.1, 0.15) is 12.7 Å². The van der Waals surface area contributed by atoms with Crippen molar-refractivity contribution in [2.45, 2.75) is 25.9 Å². The van der Waals surface area contributed by atoms with Crippen molar-refractivity contribution < 1.29 is 14.4 Å². The fraction of sp³-hybridized carbons (Fsp3) is 0.227. The number of nitrogens with zero attached hydrogens (tertiary/aromatic N) is 4. The van der Waals surface area contributed by atoms with Crippen molar-refractivity contribution >= 4 is 33.7 Å². The van der Waals surface area contributed by atoms with Crippen LogP contribution in [0.15, 0.2) is 59.6 Å². The van der Waals surface area contributed by atoms with E-state index in [9.17, 15) is 14.4 Å². The van der Waals surface area contributed by atoms with E-state index in [1.165, 1.54) is 11.2 Å². The van der Waals surface area contributed by atoms with Crippen LogP contribution in [0, 0.1) is 0 Å². The Morgan fingerprint density at radius 1 is 1.00 bits per heavy atom. The zero-order chi connectivity index (χ0) is 21.8. The number of hydrogen-bond donors (Lipinski definition) is 1. The third-order valence-corrected chi connectivity index (χ3v) is 5.54. The molecule has 0 spiro atoms. The molecule has 3 amide bonds. The lowest BCUT2D eigenvalue weighted by atomic mass is 10.1. The number of amides is 3. The van der Waals surface area contributed by atoms with Crippen LogP contribution in [0.2, 0.25) is 0 Å². The van der Waals surface area contributed by atoms with Gasteiger partial charge in [0, 0.05) is 24.0 Å². The molecule has 9 heteroatoms. The van der Waals surface area contributed by atoms with Gasteiger partial charge in [0.15, 0.2) is 0 Å². The van der Waals surface area contributed by atoms with Gasteiger partial charge >= 0.3 is 0 Å². The van der Waals surface area contributed by atoms with E-state index in [0.717, 1.165) is 15.6 Å². The number of carbonyl (C=O) groups excluding carboxylic acids is 3. The van der Waals surface area contributed by atoms with Crippen LogP contribution >= 0.6 is 15.9 Å². The highest BCUT2D eigenvalue weighted by molar-refractivity contribution is 9.10. The van der Waals surface area contributed by atoms with Gasteiger partial charge in [0.2, 0.25) is 5.91 Å². The summed E-state index contributed by atoms with van der Waals surface area (Å²) >= 11 is 3.32.